The van der Waals surface area contributed by atoms with E-state index in [-0.39, 0.29) is 5.97 Å². The van der Waals surface area contributed by atoms with E-state index in [1.165, 1.54) is 20.0 Å². The number of esters is 1. The Kier molecular flexibility index (Phi) is 2.99. The number of rotatable bonds is 2. The van der Waals surface area contributed by atoms with Gasteiger partial charge in [0.15, 0.2) is 0 Å². The van der Waals surface area contributed by atoms with E-state index in [0.29, 0.717) is 11.3 Å². The van der Waals surface area contributed by atoms with Crippen LogP contribution in [0.3, 0.4) is 0 Å². The molecule has 16 heavy (non-hydrogen) atoms. The molecule has 1 saturated heterocycles. The van der Waals surface area contributed by atoms with E-state index < -0.39 is 0 Å². The van der Waals surface area contributed by atoms with Crippen LogP contribution in [0.2, 0.25) is 0 Å². The lowest BCUT2D eigenvalue weighted by Crippen LogP contribution is -2.18. The van der Waals surface area contributed by atoms with Gasteiger partial charge in [-0.25, -0.2) is 4.79 Å². The first-order valence-corrected chi connectivity index (χ1v) is 5.45. The van der Waals surface area contributed by atoms with Crippen LogP contribution in [-0.4, -0.2) is 26.2 Å². The standard InChI is InChI=1S/C12H16N2O2/c1-16-12(15)10-5-4-9(8-11(10)13)14-6-2-3-7-14/h4-5,8H,2-3,6-7,13H2,1H3. The molecule has 0 aromatic heterocycles. The highest BCUT2D eigenvalue weighted by Crippen LogP contribution is 2.24. The summed E-state index contributed by atoms with van der Waals surface area (Å²) in [6.45, 7) is 2.13. The number of benzene rings is 1. The maximum Gasteiger partial charge on any atom is 0.339 e. The molecule has 2 rings (SSSR count). The van der Waals surface area contributed by atoms with Gasteiger partial charge >= 0.3 is 5.97 Å². The summed E-state index contributed by atoms with van der Waals surface area (Å²) < 4.78 is 4.65. The first kappa shape index (κ1) is 10.8. The summed E-state index contributed by atoms with van der Waals surface area (Å²) in [5.41, 5.74) is 7.84. The van der Waals surface area contributed by atoms with E-state index in [9.17, 15) is 4.79 Å². The molecule has 0 bridgehead atoms. The first-order chi connectivity index (χ1) is 7.72. The average Bonchev–Trinajstić information content (AvgIpc) is 2.81. The fourth-order valence-corrected chi connectivity index (χ4v) is 2.02. The summed E-state index contributed by atoms with van der Waals surface area (Å²) in [5.74, 6) is -0.384. The van der Waals surface area contributed by atoms with Gasteiger partial charge in [0.25, 0.3) is 0 Å². The highest BCUT2D eigenvalue weighted by molar-refractivity contribution is 5.95. The van der Waals surface area contributed by atoms with Crippen molar-refractivity contribution in [2.45, 2.75) is 12.8 Å². The van der Waals surface area contributed by atoms with Crippen molar-refractivity contribution in [1.82, 2.24) is 0 Å². The van der Waals surface area contributed by atoms with Crippen molar-refractivity contribution in [3.63, 3.8) is 0 Å². The molecule has 1 aliphatic rings. The molecule has 0 radical (unpaired) electrons. The fourth-order valence-electron chi connectivity index (χ4n) is 2.02. The van der Waals surface area contributed by atoms with Crippen molar-refractivity contribution in [2.24, 2.45) is 0 Å². The second kappa shape index (κ2) is 4.43. The number of anilines is 2. The zero-order chi connectivity index (χ0) is 11.5. The lowest BCUT2D eigenvalue weighted by Gasteiger charge is -2.18. The lowest BCUT2D eigenvalue weighted by molar-refractivity contribution is 0.0602. The summed E-state index contributed by atoms with van der Waals surface area (Å²) >= 11 is 0. The summed E-state index contributed by atoms with van der Waals surface area (Å²) in [4.78, 5) is 13.6. The molecule has 1 aromatic rings. The molecule has 4 heteroatoms. The van der Waals surface area contributed by atoms with Crippen molar-refractivity contribution < 1.29 is 9.53 Å². The number of carbonyl (C=O) groups is 1. The molecule has 1 aliphatic heterocycles. The molecular weight excluding hydrogens is 204 g/mol. The molecular formula is C12H16N2O2. The topological polar surface area (TPSA) is 55.6 Å². The van der Waals surface area contributed by atoms with Gasteiger partial charge in [0.1, 0.15) is 0 Å². The Morgan fingerprint density at radius 1 is 1.38 bits per heavy atom. The predicted molar refractivity (Wildman–Crippen MR) is 63.6 cm³/mol. The van der Waals surface area contributed by atoms with Crippen LogP contribution >= 0.6 is 0 Å². The van der Waals surface area contributed by atoms with E-state index in [1.807, 2.05) is 12.1 Å². The van der Waals surface area contributed by atoms with Crippen molar-refractivity contribution in [1.29, 1.82) is 0 Å². The maximum atomic E-state index is 11.4. The number of methoxy groups -OCH3 is 1. The van der Waals surface area contributed by atoms with Gasteiger partial charge in [-0.2, -0.15) is 0 Å². The van der Waals surface area contributed by atoms with Crippen LogP contribution in [0.4, 0.5) is 11.4 Å². The van der Waals surface area contributed by atoms with Gasteiger partial charge in [0.05, 0.1) is 12.7 Å². The van der Waals surface area contributed by atoms with E-state index >= 15 is 0 Å². The zero-order valence-electron chi connectivity index (χ0n) is 9.40. The molecule has 1 aromatic carbocycles. The monoisotopic (exact) mass is 220 g/mol. The number of carbonyl (C=O) groups excluding carboxylic acids is 1. The van der Waals surface area contributed by atoms with Gasteiger partial charge in [0, 0.05) is 24.5 Å². The van der Waals surface area contributed by atoms with Crippen molar-refractivity contribution >= 4 is 17.3 Å². The van der Waals surface area contributed by atoms with Gasteiger partial charge < -0.3 is 15.4 Å². The maximum absolute atomic E-state index is 11.4. The molecule has 4 nitrogen and oxygen atoms in total. The Balaban J connectivity index is 2.25. The van der Waals surface area contributed by atoms with Crippen LogP contribution in [0.5, 0.6) is 0 Å². The molecule has 1 fully saturated rings. The third kappa shape index (κ3) is 1.96. The SMILES string of the molecule is COC(=O)c1ccc(N2CCCC2)cc1N. The number of nitrogens with zero attached hydrogens (tertiary/aromatic N) is 1. The van der Waals surface area contributed by atoms with Crippen LogP contribution in [0, 0.1) is 0 Å². The second-order valence-electron chi connectivity index (χ2n) is 3.96. The average molecular weight is 220 g/mol. The van der Waals surface area contributed by atoms with Crippen LogP contribution < -0.4 is 10.6 Å². The summed E-state index contributed by atoms with van der Waals surface area (Å²) in [7, 11) is 1.36. The smallest absolute Gasteiger partial charge is 0.339 e. The number of nitrogen functional groups attached to an aromatic ring is 1. The highest BCUT2D eigenvalue weighted by Gasteiger charge is 2.15. The van der Waals surface area contributed by atoms with E-state index in [0.717, 1.165) is 18.8 Å². The molecule has 0 unspecified atom stereocenters. The van der Waals surface area contributed by atoms with Gasteiger partial charge in [-0.3, -0.25) is 0 Å². The predicted octanol–water partition coefficient (Wildman–Crippen LogP) is 1.66. The normalized spacial score (nSPS) is 15.2. The van der Waals surface area contributed by atoms with E-state index in [1.54, 1.807) is 6.07 Å². The third-order valence-corrected chi connectivity index (χ3v) is 2.91. The minimum Gasteiger partial charge on any atom is -0.465 e. The Morgan fingerprint density at radius 3 is 2.62 bits per heavy atom. The quantitative estimate of drug-likeness (QED) is 0.608. The molecule has 1 heterocycles. The number of ether oxygens (including phenoxy) is 1. The Labute approximate surface area is 95.0 Å². The number of hydrogen-bond acceptors (Lipinski definition) is 4. The minimum absolute atomic E-state index is 0.384. The van der Waals surface area contributed by atoms with Crippen LogP contribution in [0.1, 0.15) is 23.2 Å². The van der Waals surface area contributed by atoms with Crippen LogP contribution in [0.15, 0.2) is 18.2 Å². The number of nitrogens with two attached hydrogens (primary N) is 1. The van der Waals surface area contributed by atoms with Crippen molar-refractivity contribution in [2.75, 3.05) is 30.8 Å². The second-order valence-corrected chi connectivity index (χ2v) is 3.96. The number of hydrogen-bond donors (Lipinski definition) is 1. The largest absolute Gasteiger partial charge is 0.465 e. The van der Waals surface area contributed by atoms with E-state index in [2.05, 4.69) is 9.64 Å². The summed E-state index contributed by atoms with van der Waals surface area (Å²) in [6, 6.07) is 5.50. The molecule has 0 saturated carbocycles. The highest BCUT2D eigenvalue weighted by atomic mass is 16.5. The zero-order valence-corrected chi connectivity index (χ0v) is 9.40. The van der Waals surface area contributed by atoms with Crippen LogP contribution in [-0.2, 0) is 4.74 Å². The lowest BCUT2D eigenvalue weighted by atomic mass is 10.1. The molecule has 0 amide bonds. The van der Waals surface area contributed by atoms with Gasteiger partial charge in [-0.05, 0) is 31.0 Å². The van der Waals surface area contributed by atoms with Gasteiger partial charge in [0.2, 0.25) is 0 Å². The Morgan fingerprint density at radius 2 is 2.06 bits per heavy atom. The Bertz CT molecular complexity index is 398. The summed E-state index contributed by atoms with van der Waals surface area (Å²) in [6.07, 6.45) is 2.44. The third-order valence-electron chi connectivity index (χ3n) is 2.91. The molecule has 2 N–H and O–H groups in total. The molecule has 0 spiro atoms. The van der Waals surface area contributed by atoms with Crippen molar-refractivity contribution in [3.8, 4) is 0 Å². The van der Waals surface area contributed by atoms with Crippen molar-refractivity contribution in [3.05, 3.63) is 23.8 Å². The van der Waals surface area contributed by atoms with Gasteiger partial charge in [-0.15, -0.1) is 0 Å². The summed E-state index contributed by atoms with van der Waals surface area (Å²) in [5, 5.41) is 0. The first-order valence-electron chi connectivity index (χ1n) is 5.45. The molecule has 0 atom stereocenters. The van der Waals surface area contributed by atoms with Crippen LogP contribution in [0.25, 0.3) is 0 Å². The Hall–Kier alpha value is -1.71. The van der Waals surface area contributed by atoms with Gasteiger partial charge in [-0.1, -0.05) is 0 Å². The molecule has 0 aliphatic carbocycles. The fraction of sp³-hybridized carbons (Fsp3) is 0.417. The minimum atomic E-state index is -0.384. The van der Waals surface area contributed by atoms with E-state index in [4.69, 9.17) is 5.73 Å². The molecule has 86 valence electrons.